The summed E-state index contributed by atoms with van der Waals surface area (Å²) in [7, 11) is -0.685. The first kappa shape index (κ1) is 53.2. The van der Waals surface area contributed by atoms with Crippen molar-refractivity contribution in [1.29, 1.82) is 0 Å². The SMILES string of the molecule is COc1cc([C@@H](CC(=O)O)c2ccc(C)c(CN3C[C@@H](C)Oc4cc(CCCOCCOCCCC(=O)C[C@@H]5N=C(c6ccc(C)cc6)c6c(sc(C)c6C)-n6c(C)nnc65)ccc4S3(=O)=O)c2)cc2nnn(C)c12. The van der Waals surface area contributed by atoms with Gasteiger partial charge in [-0.15, -0.1) is 26.6 Å². The number of ether oxygens (including phenoxy) is 4. The summed E-state index contributed by atoms with van der Waals surface area (Å²) < 4.78 is 57.5. The number of Topliss-reactive ketones (excluding diaryl/α,β-unsaturated/α-hetero) is 1. The monoisotopic (exact) mass is 1060 g/mol. The number of thiophene rings is 1. The molecule has 0 amide bonds. The Morgan fingerprint density at radius 3 is 2.40 bits per heavy atom. The Morgan fingerprint density at radius 1 is 0.893 bits per heavy atom. The molecule has 0 fully saturated rings. The highest BCUT2D eigenvalue weighted by atomic mass is 32.2. The van der Waals surface area contributed by atoms with Gasteiger partial charge in [-0.25, -0.2) is 13.1 Å². The van der Waals surface area contributed by atoms with E-state index in [1.165, 1.54) is 14.7 Å². The molecule has 0 saturated carbocycles. The fourth-order valence-electron chi connectivity index (χ4n) is 9.97. The van der Waals surface area contributed by atoms with E-state index >= 15 is 0 Å². The van der Waals surface area contributed by atoms with Crippen LogP contribution in [0.15, 0.2) is 82.7 Å². The number of carboxylic acids is 1. The standard InChI is InChI=1S/C56H64N8O9S2/c1-33-13-17-40(18-14-33)53-52-36(4)37(5)74-56(52)64-38(6)58-60-55(64)47(57-53)29-44(65)12-10-22-72-24-23-71-21-9-11-39-16-20-50-48(25-39)73-35(3)31-63(75(50,68)69)32-43-26-41(19-15-34(43)2)45(30-51(66)67)42-27-46-54(49(28-42)70-8)62(7)61-59-46/h13-20,25-28,35,45,47H,9-12,21-24,29-32H2,1-8H3,(H,66,67)/t35-,45+,47+/m1/s1. The third kappa shape index (κ3) is 11.5. The number of aryl methyl sites for hydroxylation is 6. The molecule has 2 aliphatic rings. The van der Waals surface area contributed by atoms with E-state index in [1.807, 2.05) is 57.2 Å². The lowest BCUT2D eigenvalue weighted by Gasteiger charge is -2.24. The quantitative estimate of drug-likeness (QED) is 0.0669. The van der Waals surface area contributed by atoms with Crippen molar-refractivity contribution in [1.82, 2.24) is 34.1 Å². The third-order valence-corrected chi connectivity index (χ3v) is 17.1. The van der Waals surface area contributed by atoms with Gasteiger partial charge in [-0.3, -0.25) is 19.1 Å². The van der Waals surface area contributed by atoms with Gasteiger partial charge in [0.2, 0.25) is 10.0 Å². The topological polar surface area (TPSA) is 202 Å². The summed E-state index contributed by atoms with van der Waals surface area (Å²) in [5, 5.41) is 28.4. The van der Waals surface area contributed by atoms with E-state index in [1.54, 1.807) is 42.3 Å². The molecule has 394 valence electrons. The van der Waals surface area contributed by atoms with Crippen LogP contribution in [0.3, 0.4) is 0 Å². The molecule has 17 nitrogen and oxygen atoms in total. The van der Waals surface area contributed by atoms with Gasteiger partial charge in [0.25, 0.3) is 0 Å². The molecule has 0 aliphatic carbocycles. The maximum Gasteiger partial charge on any atom is 0.304 e. The lowest BCUT2D eigenvalue weighted by molar-refractivity contribution is -0.137. The molecule has 0 spiro atoms. The van der Waals surface area contributed by atoms with E-state index in [9.17, 15) is 23.1 Å². The number of ketones is 1. The van der Waals surface area contributed by atoms with Crippen molar-refractivity contribution in [3.63, 3.8) is 0 Å². The van der Waals surface area contributed by atoms with E-state index in [4.69, 9.17) is 23.9 Å². The van der Waals surface area contributed by atoms with Crippen LogP contribution in [0.4, 0.5) is 0 Å². The van der Waals surface area contributed by atoms with Gasteiger partial charge in [-0.2, -0.15) is 4.31 Å². The van der Waals surface area contributed by atoms with Crippen molar-refractivity contribution in [2.24, 2.45) is 12.0 Å². The largest absolute Gasteiger partial charge is 0.494 e. The first-order valence-corrected chi connectivity index (χ1v) is 27.6. The fraction of sp³-hybridized carbons (Fsp3) is 0.411. The van der Waals surface area contributed by atoms with Crippen LogP contribution >= 0.6 is 11.3 Å². The summed E-state index contributed by atoms with van der Waals surface area (Å²) in [5.74, 6) is 0.809. The molecule has 75 heavy (non-hydrogen) atoms. The molecule has 2 aliphatic heterocycles. The molecule has 0 saturated heterocycles. The number of hydrogen-bond acceptors (Lipinski definition) is 14. The number of rotatable bonds is 21. The molecule has 4 aromatic carbocycles. The Hall–Kier alpha value is -6.64. The average Bonchev–Trinajstić information content (AvgIpc) is 4.00. The van der Waals surface area contributed by atoms with E-state index in [0.29, 0.717) is 86.0 Å². The Bertz CT molecular complexity index is 3400. The molecule has 5 heterocycles. The highest BCUT2D eigenvalue weighted by Crippen LogP contribution is 2.41. The minimum absolute atomic E-state index is 0.0660. The number of hydrogen-bond donors (Lipinski definition) is 1. The summed E-state index contributed by atoms with van der Waals surface area (Å²) >= 11 is 1.70. The van der Waals surface area contributed by atoms with Gasteiger partial charge in [0.05, 0.1) is 39.0 Å². The Morgan fingerprint density at radius 2 is 1.65 bits per heavy atom. The van der Waals surface area contributed by atoms with Crippen molar-refractivity contribution >= 4 is 49.9 Å². The number of carboxylic acid groups (broad SMARTS) is 1. The van der Waals surface area contributed by atoms with Crippen molar-refractivity contribution in [2.75, 3.05) is 40.1 Å². The predicted octanol–water partition coefficient (Wildman–Crippen LogP) is 9.04. The van der Waals surface area contributed by atoms with Gasteiger partial charge < -0.3 is 24.1 Å². The minimum atomic E-state index is -3.99. The predicted molar refractivity (Wildman–Crippen MR) is 286 cm³/mol. The normalized spacial score (nSPS) is 16.6. The molecule has 3 aromatic heterocycles. The number of nitrogens with zero attached hydrogens (tertiary/aromatic N) is 8. The van der Waals surface area contributed by atoms with Crippen molar-refractivity contribution < 1.29 is 42.1 Å². The molecule has 3 atom stereocenters. The summed E-state index contributed by atoms with van der Waals surface area (Å²) in [6.07, 6.45) is 1.84. The van der Waals surface area contributed by atoms with Gasteiger partial charge in [-0.1, -0.05) is 59.3 Å². The first-order valence-electron chi connectivity index (χ1n) is 25.3. The second-order valence-electron chi connectivity index (χ2n) is 19.6. The number of aromatic nitrogens is 6. The van der Waals surface area contributed by atoms with Crippen LogP contribution < -0.4 is 9.47 Å². The van der Waals surface area contributed by atoms with Gasteiger partial charge in [-0.05, 0) is 118 Å². The van der Waals surface area contributed by atoms with Crippen LogP contribution in [-0.2, 0) is 49.1 Å². The number of methoxy groups -OCH3 is 1. The first-order chi connectivity index (χ1) is 36.0. The second kappa shape index (κ2) is 22.7. The Kier molecular flexibility index (Phi) is 16.1. The van der Waals surface area contributed by atoms with Crippen molar-refractivity contribution in [2.45, 2.75) is 110 Å². The van der Waals surface area contributed by atoms with Gasteiger partial charge >= 0.3 is 5.97 Å². The zero-order chi connectivity index (χ0) is 53.1. The van der Waals surface area contributed by atoms with Crippen LogP contribution in [0.25, 0.3) is 16.0 Å². The summed E-state index contributed by atoms with van der Waals surface area (Å²) in [5.41, 5.74) is 10.5. The molecule has 1 N–H and O–H groups in total. The van der Waals surface area contributed by atoms with Gasteiger partial charge in [0.1, 0.15) is 56.2 Å². The van der Waals surface area contributed by atoms with Crippen LogP contribution in [0, 0.1) is 34.6 Å². The van der Waals surface area contributed by atoms with E-state index < -0.39 is 34.1 Å². The summed E-state index contributed by atoms with van der Waals surface area (Å²) in [6, 6.07) is 22.5. The van der Waals surface area contributed by atoms with Crippen molar-refractivity contribution in [3.8, 4) is 16.5 Å². The molecule has 0 bridgehead atoms. The molecule has 7 aromatic rings. The molecular weight excluding hydrogens is 993 g/mol. The third-order valence-electron chi connectivity index (χ3n) is 14.1. The molecular formula is C56H64N8O9S2. The summed E-state index contributed by atoms with van der Waals surface area (Å²) in [6.45, 7) is 13.9. The number of benzene rings is 4. The second-order valence-corrected chi connectivity index (χ2v) is 22.7. The molecule has 19 heteroatoms. The smallest absolute Gasteiger partial charge is 0.304 e. The molecule has 9 rings (SSSR count). The van der Waals surface area contributed by atoms with Crippen LogP contribution in [0.2, 0.25) is 0 Å². The van der Waals surface area contributed by atoms with Crippen LogP contribution in [0.5, 0.6) is 11.5 Å². The number of sulfonamides is 1. The highest BCUT2D eigenvalue weighted by molar-refractivity contribution is 7.89. The van der Waals surface area contributed by atoms with E-state index in [2.05, 4.69) is 70.1 Å². The highest BCUT2D eigenvalue weighted by Gasteiger charge is 2.35. The van der Waals surface area contributed by atoms with Crippen molar-refractivity contribution in [3.05, 3.63) is 139 Å². The maximum atomic E-state index is 14.4. The lowest BCUT2D eigenvalue weighted by Crippen LogP contribution is -2.35. The average molecular weight is 1060 g/mol. The molecule has 0 radical (unpaired) electrons. The van der Waals surface area contributed by atoms with Gasteiger partial charge in [0, 0.05) is 61.6 Å². The molecule has 0 unspecified atom stereocenters. The number of carbonyl (C=O) groups excluding carboxylic acids is 1. The van der Waals surface area contributed by atoms with Gasteiger partial charge in [0.15, 0.2) is 5.82 Å². The number of carbonyl (C=O) groups is 2. The number of fused-ring (bicyclic) bond motifs is 5. The summed E-state index contributed by atoms with van der Waals surface area (Å²) in [4.78, 5) is 32.3. The fourth-order valence-corrected chi connectivity index (χ4v) is 12.8. The van der Waals surface area contributed by atoms with Crippen LogP contribution in [0.1, 0.15) is 118 Å². The number of aliphatic imine (C=N–C) groups is 1. The van der Waals surface area contributed by atoms with Crippen LogP contribution in [-0.4, -0.2) is 111 Å². The minimum Gasteiger partial charge on any atom is -0.494 e. The van der Waals surface area contributed by atoms with E-state index in [0.717, 1.165) is 55.5 Å². The lowest BCUT2D eigenvalue weighted by atomic mass is 9.86. The van der Waals surface area contributed by atoms with E-state index in [-0.39, 0.29) is 36.6 Å². The Balaban J connectivity index is 0.751. The zero-order valence-corrected chi connectivity index (χ0v) is 45.4. The zero-order valence-electron chi connectivity index (χ0n) is 43.8. The Labute approximate surface area is 441 Å². The maximum absolute atomic E-state index is 14.4. The number of aliphatic carboxylic acids is 1.